The van der Waals surface area contributed by atoms with Crippen molar-refractivity contribution < 1.29 is 38.6 Å². The van der Waals surface area contributed by atoms with Gasteiger partial charge in [-0.1, -0.05) is 12.1 Å². The molecule has 1 unspecified atom stereocenters. The molecule has 1 aromatic heterocycles. The molecule has 210 valence electrons. The third-order valence-electron chi connectivity index (χ3n) is 6.83. The van der Waals surface area contributed by atoms with Crippen LogP contribution in [0.3, 0.4) is 0 Å². The zero-order chi connectivity index (χ0) is 28.8. The van der Waals surface area contributed by atoms with Crippen LogP contribution in [0.1, 0.15) is 31.2 Å². The number of rotatable bonds is 7. The number of carboxylic acid groups (broad SMARTS) is 1. The topological polar surface area (TPSA) is 185 Å². The number of aromatic hydroxyl groups is 1. The molecule has 0 saturated carbocycles. The zero-order valence-electron chi connectivity index (χ0n) is 21.4. The molecule has 0 spiro atoms. The Morgan fingerprint density at radius 3 is 2.55 bits per heavy atom. The lowest BCUT2D eigenvalue weighted by Gasteiger charge is -2.44. The fourth-order valence-corrected chi connectivity index (χ4v) is 6.49. The standard InChI is InChI=1S/C25H26N6O8S/c1-25(2)18(22(35)36)31-20(34)17(21(31)40-25)27-19(33)16(13-5-7-14(32)8-6-13)28-23(37)29-9-10-30(24(29)38)26-12-15-4-3-11-39-15/h3-8,11-12,16-18,21,32H,9-10H2,1-2H3,(H,27,33)(H,28,37)(H,35,36)/t16?,17-,18+,21-/m1/s1. The highest BCUT2D eigenvalue weighted by Crippen LogP contribution is 2.50. The molecule has 3 fully saturated rings. The van der Waals surface area contributed by atoms with Gasteiger partial charge in [-0.15, -0.1) is 11.8 Å². The minimum atomic E-state index is -1.34. The number of carbonyl (C=O) groups excluding carboxylic acids is 4. The maximum absolute atomic E-state index is 13.4. The van der Waals surface area contributed by atoms with Crippen LogP contribution in [0, 0.1) is 0 Å². The molecule has 40 heavy (non-hydrogen) atoms. The SMILES string of the molecule is CC1(C)S[C@@H]2[C@H](NC(=O)C(NC(=O)N3CCN(N=Cc4ccco4)C3=O)c3ccc(O)cc3)C(=O)N2[C@H]1C(=O)O. The van der Waals surface area contributed by atoms with Gasteiger partial charge in [-0.25, -0.2) is 24.3 Å². The van der Waals surface area contributed by atoms with E-state index in [2.05, 4.69) is 15.7 Å². The van der Waals surface area contributed by atoms with Gasteiger partial charge in [0.25, 0.3) is 0 Å². The maximum atomic E-state index is 13.4. The number of carboxylic acids is 1. The van der Waals surface area contributed by atoms with Crippen molar-refractivity contribution in [2.75, 3.05) is 13.1 Å². The van der Waals surface area contributed by atoms with Gasteiger partial charge in [-0.05, 0) is 43.7 Å². The van der Waals surface area contributed by atoms with Crippen molar-refractivity contribution in [1.29, 1.82) is 0 Å². The van der Waals surface area contributed by atoms with Gasteiger partial charge in [-0.2, -0.15) is 5.10 Å². The highest BCUT2D eigenvalue weighted by Gasteiger charge is 2.64. The molecule has 0 aliphatic carbocycles. The summed E-state index contributed by atoms with van der Waals surface area (Å²) in [5.41, 5.74) is 0.287. The average Bonchev–Trinajstić information content (AvgIpc) is 3.61. The van der Waals surface area contributed by atoms with Crippen molar-refractivity contribution in [2.45, 2.75) is 42.1 Å². The van der Waals surface area contributed by atoms with Crippen molar-refractivity contribution in [3.8, 4) is 5.75 Å². The molecule has 4 heterocycles. The highest BCUT2D eigenvalue weighted by atomic mass is 32.2. The number of imide groups is 1. The van der Waals surface area contributed by atoms with Crippen LogP contribution in [0.5, 0.6) is 5.75 Å². The van der Waals surface area contributed by atoms with Crippen LogP contribution in [0.25, 0.3) is 0 Å². The third-order valence-corrected chi connectivity index (χ3v) is 8.40. The Balaban J connectivity index is 1.30. The second-order valence-electron chi connectivity index (χ2n) is 9.88. The Bertz CT molecular complexity index is 1380. The number of nitrogens with zero attached hydrogens (tertiary/aromatic N) is 4. The molecular weight excluding hydrogens is 544 g/mol. The second-order valence-corrected chi connectivity index (χ2v) is 11.6. The molecule has 4 N–H and O–H groups in total. The van der Waals surface area contributed by atoms with Crippen molar-refractivity contribution in [1.82, 2.24) is 25.4 Å². The molecule has 14 nitrogen and oxygen atoms in total. The van der Waals surface area contributed by atoms with E-state index in [0.717, 1.165) is 9.91 Å². The van der Waals surface area contributed by atoms with Crippen LogP contribution in [0.4, 0.5) is 9.59 Å². The average molecular weight is 571 g/mol. The lowest BCUT2D eigenvalue weighted by molar-refractivity contribution is -0.161. The number of nitrogens with one attached hydrogen (secondary N) is 2. The van der Waals surface area contributed by atoms with Crippen molar-refractivity contribution in [3.05, 3.63) is 54.0 Å². The molecule has 4 atom stereocenters. The summed E-state index contributed by atoms with van der Waals surface area (Å²) in [5, 5.41) is 29.0. The molecule has 1 aromatic carbocycles. The van der Waals surface area contributed by atoms with Crippen LogP contribution in [0.2, 0.25) is 0 Å². The van der Waals surface area contributed by atoms with Gasteiger partial charge in [0, 0.05) is 4.75 Å². The summed E-state index contributed by atoms with van der Waals surface area (Å²) >= 11 is 1.27. The molecule has 15 heteroatoms. The van der Waals surface area contributed by atoms with Crippen LogP contribution >= 0.6 is 11.8 Å². The van der Waals surface area contributed by atoms with Crippen molar-refractivity contribution in [2.24, 2.45) is 5.10 Å². The number of fused-ring (bicyclic) bond motifs is 1. The maximum Gasteiger partial charge on any atom is 0.348 e. The number of phenols is 1. The van der Waals surface area contributed by atoms with Crippen LogP contribution < -0.4 is 10.6 Å². The first-order valence-corrected chi connectivity index (χ1v) is 13.1. The first-order chi connectivity index (χ1) is 19.0. The number of hydrazone groups is 1. The Kier molecular flexibility index (Phi) is 6.91. The molecule has 3 aliphatic rings. The highest BCUT2D eigenvalue weighted by molar-refractivity contribution is 8.01. The van der Waals surface area contributed by atoms with E-state index >= 15 is 0 Å². The third kappa shape index (κ3) is 4.83. The number of carbonyl (C=O) groups is 5. The van der Waals surface area contributed by atoms with Crippen LogP contribution in [-0.4, -0.2) is 96.4 Å². The Morgan fingerprint density at radius 2 is 1.90 bits per heavy atom. The number of β-lactam (4-membered cyclic amide) rings is 1. The normalized spacial score (nSPS) is 24.1. The second kappa shape index (κ2) is 10.2. The monoisotopic (exact) mass is 570 g/mol. The van der Waals surface area contributed by atoms with E-state index in [0.29, 0.717) is 5.76 Å². The number of amides is 6. The predicted octanol–water partition coefficient (Wildman–Crippen LogP) is 1.14. The van der Waals surface area contributed by atoms with E-state index in [-0.39, 0.29) is 24.4 Å². The number of urea groups is 2. The minimum Gasteiger partial charge on any atom is -0.508 e. The fourth-order valence-electron chi connectivity index (χ4n) is 4.86. The Labute approximate surface area is 232 Å². The predicted molar refractivity (Wildman–Crippen MR) is 140 cm³/mol. The fraction of sp³-hybridized carbons (Fsp3) is 0.360. The summed E-state index contributed by atoms with van der Waals surface area (Å²) in [6, 6.07) is 3.86. The number of hydrogen-bond acceptors (Lipinski definition) is 9. The molecule has 0 bridgehead atoms. The van der Waals surface area contributed by atoms with E-state index in [1.54, 1.807) is 26.0 Å². The number of hydrogen-bond donors (Lipinski definition) is 4. The number of benzene rings is 1. The summed E-state index contributed by atoms with van der Waals surface area (Å²) in [5.74, 6) is -2.07. The van der Waals surface area contributed by atoms with Gasteiger partial charge < -0.3 is 30.2 Å². The van der Waals surface area contributed by atoms with Crippen molar-refractivity contribution in [3.63, 3.8) is 0 Å². The molecule has 3 saturated heterocycles. The van der Waals surface area contributed by atoms with Gasteiger partial charge in [0.2, 0.25) is 11.8 Å². The minimum absolute atomic E-state index is 0.00449. The van der Waals surface area contributed by atoms with E-state index in [1.807, 2.05) is 0 Å². The number of thioether (sulfide) groups is 1. The quantitative estimate of drug-likeness (QED) is 0.280. The summed E-state index contributed by atoms with van der Waals surface area (Å²) < 4.78 is 4.37. The Hall–Kier alpha value is -4.53. The summed E-state index contributed by atoms with van der Waals surface area (Å²) in [6.07, 6.45) is 2.79. The lowest BCUT2D eigenvalue weighted by Crippen LogP contribution is -2.71. The zero-order valence-corrected chi connectivity index (χ0v) is 22.2. The van der Waals surface area contributed by atoms with E-state index in [4.69, 9.17) is 4.42 Å². The summed E-state index contributed by atoms with van der Waals surface area (Å²) in [7, 11) is 0. The first kappa shape index (κ1) is 27.1. The molecule has 5 rings (SSSR count). The smallest absolute Gasteiger partial charge is 0.348 e. The van der Waals surface area contributed by atoms with Gasteiger partial charge in [-0.3, -0.25) is 9.59 Å². The first-order valence-electron chi connectivity index (χ1n) is 12.3. The van der Waals surface area contributed by atoms with Gasteiger partial charge in [0.05, 0.1) is 25.6 Å². The molecule has 3 aliphatic heterocycles. The molecule has 2 aromatic rings. The largest absolute Gasteiger partial charge is 0.508 e. The van der Waals surface area contributed by atoms with E-state index in [1.165, 1.54) is 53.4 Å². The van der Waals surface area contributed by atoms with E-state index in [9.17, 15) is 34.2 Å². The van der Waals surface area contributed by atoms with Crippen LogP contribution in [0.15, 0.2) is 52.2 Å². The molecular formula is C25H26N6O8S. The number of furan rings is 1. The van der Waals surface area contributed by atoms with Gasteiger partial charge in [0.1, 0.15) is 35.0 Å². The molecule has 0 radical (unpaired) electrons. The van der Waals surface area contributed by atoms with Crippen molar-refractivity contribution >= 4 is 47.8 Å². The summed E-state index contributed by atoms with van der Waals surface area (Å²) in [6.45, 7) is 3.56. The summed E-state index contributed by atoms with van der Waals surface area (Å²) in [4.78, 5) is 66.2. The Morgan fingerprint density at radius 1 is 1.18 bits per heavy atom. The number of aliphatic carboxylic acids is 1. The number of phenolic OH excluding ortho intramolecular Hbond substituents is 1. The van der Waals surface area contributed by atoms with Gasteiger partial charge in [0.15, 0.2) is 0 Å². The van der Waals surface area contributed by atoms with E-state index < -0.39 is 58.1 Å². The van der Waals surface area contributed by atoms with Crippen LogP contribution in [-0.2, 0) is 14.4 Å². The van der Waals surface area contributed by atoms with Gasteiger partial charge >= 0.3 is 18.0 Å². The lowest BCUT2D eigenvalue weighted by atomic mass is 9.95. The molecule has 6 amide bonds.